The molecular weight excluding hydrogens is 192 g/mol. The van der Waals surface area contributed by atoms with Crippen molar-refractivity contribution in [2.24, 2.45) is 17.3 Å². The van der Waals surface area contributed by atoms with Gasteiger partial charge in [-0.25, -0.2) is 0 Å². The summed E-state index contributed by atoms with van der Waals surface area (Å²) in [7, 11) is 0. The van der Waals surface area contributed by atoms with Crippen LogP contribution in [0.2, 0.25) is 0 Å². The van der Waals surface area contributed by atoms with Gasteiger partial charge in [-0.1, -0.05) is 66.2 Å². The van der Waals surface area contributed by atoms with E-state index in [-0.39, 0.29) is 0 Å². The van der Waals surface area contributed by atoms with Gasteiger partial charge in [0.05, 0.1) is 0 Å². The Labute approximate surface area is 103 Å². The maximum atomic E-state index is 2.41. The van der Waals surface area contributed by atoms with E-state index in [0.29, 0.717) is 0 Å². The van der Waals surface area contributed by atoms with Crippen LogP contribution < -0.4 is 0 Å². The molecule has 2 unspecified atom stereocenters. The first-order valence-electron chi connectivity index (χ1n) is 7.75. The quantitative estimate of drug-likeness (QED) is 0.488. The highest BCUT2D eigenvalue weighted by molar-refractivity contribution is 5.00. The van der Waals surface area contributed by atoms with Gasteiger partial charge in [0.1, 0.15) is 0 Å². The minimum Gasteiger partial charge on any atom is -0.0654 e. The molecule has 16 heavy (non-hydrogen) atoms. The zero-order chi connectivity index (χ0) is 12.0. The largest absolute Gasteiger partial charge is 0.0654 e. The fourth-order valence-corrected chi connectivity index (χ4v) is 4.09. The standard InChI is InChI=1S/C16H32/c1-5-9-11-16(12-10-6-2)14(7-3)13-15(16)8-4/h14-15H,5-13H2,1-4H3. The lowest BCUT2D eigenvalue weighted by Crippen LogP contribution is -2.48. The monoisotopic (exact) mass is 224 g/mol. The Morgan fingerprint density at radius 1 is 0.812 bits per heavy atom. The second kappa shape index (κ2) is 6.67. The van der Waals surface area contributed by atoms with Crippen LogP contribution in [0.5, 0.6) is 0 Å². The smallest absolute Gasteiger partial charge is 0.0241 e. The second-order valence-electron chi connectivity index (χ2n) is 5.89. The van der Waals surface area contributed by atoms with Crippen molar-refractivity contribution in [3.05, 3.63) is 0 Å². The van der Waals surface area contributed by atoms with Crippen molar-refractivity contribution < 1.29 is 0 Å². The van der Waals surface area contributed by atoms with Gasteiger partial charge in [-0.2, -0.15) is 0 Å². The second-order valence-corrected chi connectivity index (χ2v) is 5.89. The minimum absolute atomic E-state index is 0.759. The lowest BCUT2D eigenvalue weighted by atomic mass is 9.48. The molecule has 0 saturated heterocycles. The predicted molar refractivity (Wildman–Crippen MR) is 73.7 cm³/mol. The summed E-state index contributed by atoms with van der Waals surface area (Å²) in [6.45, 7) is 9.49. The van der Waals surface area contributed by atoms with Crippen molar-refractivity contribution in [2.45, 2.75) is 85.5 Å². The summed E-state index contributed by atoms with van der Waals surface area (Å²) in [5, 5.41) is 0. The third kappa shape index (κ3) is 2.63. The van der Waals surface area contributed by atoms with Crippen LogP contribution in [0, 0.1) is 17.3 Å². The number of hydrogen-bond acceptors (Lipinski definition) is 0. The first-order valence-corrected chi connectivity index (χ1v) is 7.75. The topological polar surface area (TPSA) is 0 Å². The SMILES string of the molecule is CCCCC1(CCCC)C(CC)CC1CC. The molecule has 1 fully saturated rings. The van der Waals surface area contributed by atoms with Gasteiger partial charge in [0, 0.05) is 0 Å². The highest BCUT2D eigenvalue weighted by Gasteiger charge is 2.51. The molecule has 0 heterocycles. The third-order valence-corrected chi connectivity index (χ3v) is 5.17. The molecular formula is C16H32. The molecule has 0 spiro atoms. The Morgan fingerprint density at radius 2 is 1.25 bits per heavy atom. The van der Waals surface area contributed by atoms with Gasteiger partial charge in [-0.3, -0.25) is 0 Å². The van der Waals surface area contributed by atoms with Gasteiger partial charge in [-0.15, -0.1) is 0 Å². The number of rotatable bonds is 8. The van der Waals surface area contributed by atoms with Crippen LogP contribution in [0.1, 0.15) is 85.5 Å². The van der Waals surface area contributed by atoms with E-state index in [1.165, 1.54) is 57.8 Å². The van der Waals surface area contributed by atoms with Crippen LogP contribution in [0.25, 0.3) is 0 Å². The van der Waals surface area contributed by atoms with Gasteiger partial charge in [0.2, 0.25) is 0 Å². The molecule has 0 heteroatoms. The summed E-state index contributed by atoms with van der Waals surface area (Å²) >= 11 is 0. The maximum absolute atomic E-state index is 2.41. The van der Waals surface area contributed by atoms with Gasteiger partial charge < -0.3 is 0 Å². The van der Waals surface area contributed by atoms with Crippen molar-refractivity contribution >= 4 is 0 Å². The zero-order valence-electron chi connectivity index (χ0n) is 12.0. The van der Waals surface area contributed by atoms with Crippen molar-refractivity contribution in [3.63, 3.8) is 0 Å². The molecule has 96 valence electrons. The van der Waals surface area contributed by atoms with Crippen molar-refractivity contribution in [2.75, 3.05) is 0 Å². The van der Waals surface area contributed by atoms with E-state index in [0.717, 1.165) is 17.3 Å². The molecule has 0 bridgehead atoms. The molecule has 1 aliphatic carbocycles. The summed E-state index contributed by atoms with van der Waals surface area (Å²) in [5.41, 5.74) is 0.759. The first kappa shape index (κ1) is 14.1. The summed E-state index contributed by atoms with van der Waals surface area (Å²) in [6, 6.07) is 0. The van der Waals surface area contributed by atoms with Crippen LogP contribution in [0.3, 0.4) is 0 Å². The van der Waals surface area contributed by atoms with Crippen molar-refractivity contribution in [3.8, 4) is 0 Å². The fourth-order valence-electron chi connectivity index (χ4n) is 4.09. The minimum atomic E-state index is 0.759. The van der Waals surface area contributed by atoms with E-state index in [2.05, 4.69) is 27.7 Å². The molecule has 1 saturated carbocycles. The molecule has 2 atom stereocenters. The molecule has 0 aromatic carbocycles. The molecule has 0 nitrogen and oxygen atoms in total. The summed E-state index contributed by atoms with van der Waals surface area (Å²) in [6.07, 6.45) is 13.1. The van der Waals surface area contributed by atoms with Crippen molar-refractivity contribution in [1.82, 2.24) is 0 Å². The number of hydrogen-bond donors (Lipinski definition) is 0. The molecule has 1 aliphatic rings. The van der Waals surface area contributed by atoms with Crippen LogP contribution in [0.4, 0.5) is 0 Å². The van der Waals surface area contributed by atoms with E-state index < -0.39 is 0 Å². The Bertz CT molecular complexity index is 162. The third-order valence-electron chi connectivity index (χ3n) is 5.17. The molecule has 0 aromatic rings. The van der Waals surface area contributed by atoms with Gasteiger partial charge >= 0.3 is 0 Å². The number of unbranched alkanes of at least 4 members (excludes halogenated alkanes) is 2. The average Bonchev–Trinajstić information content (AvgIpc) is 2.29. The summed E-state index contributed by atoms with van der Waals surface area (Å²) in [4.78, 5) is 0. The normalized spacial score (nSPS) is 27.8. The molecule has 1 rings (SSSR count). The zero-order valence-corrected chi connectivity index (χ0v) is 12.0. The lowest BCUT2D eigenvalue weighted by Gasteiger charge is -2.57. The molecule has 0 aromatic heterocycles. The molecule has 0 N–H and O–H groups in total. The van der Waals surface area contributed by atoms with E-state index >= 15 is 0 Å². The molecule has 0 amide bonds. The molecule has 0 radical (unpaired) electrons. The fraction of sp³-hybridized carbons (Fsp3) is 1.00. The van der Waals surface area contributed by atoms with Crippen LogP contribution in [-0.4, -0.2) is 0 Å². The van der Waals surface area contributed by atoms with Crippen LogP contribution >= 0.6 is 0 Å². The Morgan fingerprint density at radius 3 is 1.56 bits per heavy atom. The van der Waals surface area contributed by atoms with Crippen molar-refractivity contribution in [1.29, 1.82) is 0 Å². The van der Waals surface area contributed by atoms with Crippen LogP contribution in [-0.2, 0) is 0 Å². The van der Waals surface area contributed by atoms with Gasteiger partial charge in [-0.05, 0) is 36.5 Å². The lowest BCUT2D eigenvalue weighted by molar-refractivity contribution is -0.0761. The Kier molecular flexibility index (Phi) is 5.86. The molecule has 0 aliphatic heterocycles. The highest BCUT2D eigenvalue weighted by atomic mass is 14.6. The first-order chi connectivity index (χ1) is 7.75. The summed E-state index contributed by atoms with van der Waals surface area (Å²) in [5.74, 6) is 2.10. The van der Waals surface area contributed by atoms with E-state index in [9.17, 15) is 0 Å². The highest BCUT2D eigenvalue weighted by Crippen LogP contribution is 2.60. The summed E-state index contributed by atoms with van der Waals surface area (Å²) < 4.78 is 0. The van der Waals surface area contributed by atoms with Crippen LogP contribution in [0.15, 0.2) is 0 Å². The predicted octanol–water partition coefficient (Wildman–Crippen LogP) is 5.81. The van der Waals surface area contributed by atoms with E-state index in [1.54, 1.807) is 0 Å². The van der Waals surface area contributed by atoms with E-state index in [4.69, 9.17) is 0 Å². The Hall–Kier alpha value is 0. The Balaban J connectivity index is 2.64. The maximum Gasteiger partial charge on any atom is -0.0241 e. The van der Waals surface area contributed by atoms with Gasteiger partial charge in [0.25, 0.3) is 0 Å². The van der Waals surface area contributed by atoms with E-state index in [1.807, 2.05) is 0 Å². The average molecular weight is 224 g/mol. The van der Waals surface area contributed by atoms with Gasteiger partial charge in [0.15, 0.2) is 0 Å².